The smallest absolute Gasteiger partial charge is 0.328 e. The molecule has 0 unspecified atom stereocenters. The van der Waals surface area contributed by atoms with E-state index in [1.165, 1.54) is 5.56 Å². The first-order valence-corrected chi connectivity index (χ1v) is 9.93. The van der Waals surface area contributed by atoms with Crippen LogP contribution in [0.3, 0.4) is 0 Å². The van der Waals surface area contributed by atoms with E-state index in [0.717, 1.165) is 45.1 Å². The maximum absolute atomic E-state index is 12.9. The molecule has 5 heteroatoms. The summed E-state index contributed by atoms with van der Waals surface area (Å²) in [6.45, 7) is 4.21. The van der Waals surface area contributed by atoms with Gasteiger partial charge in [0.05, 0.1) is 13.2 Å². The Bertz CT molecular complexity index is 605. The fourth-order valence-electron chi connectivity index (χ4n) is 4.20. The zero-order valence-electron chi connectivity index (χ0n) is 15.7. The summed E-state index contributed by atoms with van der Waals surface area (Å²) < 4.78 is 5.19. The number of rotatable bonds is 6. The Labute approximate surface area is 156 Å². The van der Waals surface area contributed by atoms with Gasteiger partial charge in [-0.05, 0) is 57.6 Å². The minimum atomic E-state index is -0.397. The van der Waals surface area contributed by atoms with E-state index in [2.05, 4.69) is 29.2 Å². The monoisotopic (exact) mass is 358 g/mol. The second kappa shape index (κ2) is 9.17. The first-order chi connectivity index (χ1) is 12.7. The van der Waals surface area contributed by atoms with E-state index in [9.17, 15) is 9.59 Å². The molecular weight excluding hydrogens is 328 g/mol. The zero-order chi connectivity index (χ0) is 18.4. The molecule has 2 aliphatic rings. The molecule has 0 aromatic heterocycles. The second-order valence-corrected chi connectivity index (χ2v) is 7.31. The molecule has 1 aromatic carbocycles. The van der Waals surface area contributed by atoms with Gasteiger partial charge in [-0.3, -0.25) is 9.69 Å². The van der Waals surface area contributed by atoms with Gasteiger partial charge in [0.1, 0.15) is 6.04 Å². The van der Waals surface area contributed by atoms with Crippen molar-refractivity contribution in [2.45, 2.75) is 57.5 Å². The van der Waals surface area contributed by atoms with E-state index in [-0.39, 0.29) is 11.9 Å². The first kappa shape index (κ1) is 18.9. The zero-order valence-corrected chi connectivity index (χ0v) is 15.7. The molecule has 26 heavy (non-hydrogen) atoms. The molecule has 2 atom stereocenters. The van der Waals surface area contributed by atoms with Crippen LogP contribution in [0.2, 0.25) is 0 Å². The Morgan fingerprint density at radius 2 is 1.88 bits per heavy atom. The number of benzene rings is 1. The molecule has 0 bridgehead atoms. The van der Waals surface area contributed by atoms with Crippen LogP contribution in [-0.4, -0.2) is 60.0 Å². The van der Waals surface area contributed by atoms with Crippen LogP contribution in [0.25, 0.3) is 0 Å². The molecule has 2 fully saturated rings. The number of carbonyl (C=O) groups is 2. The van der Waals surface area contributed by atoms with Crippen LogP contribution in [0, 0.1) is 0 Å². The topological polar surface area (TPSA) is 49.9 Å². The van der Waals surface area contributed by atoms with Crippen molar-refractivity contribution < 1.29 is 14.3 Å². The van der Waals surface area contributed by atoms with Crippen LogP contribution in [0.4, 0.5) is 0 Å². The quantitative estimate of drug-likeness (QED) is 0.734. The van der Waals surface area contributed by atoms with Crippen molar-refractivity contribution in [1.82, 2.24) is 9.80 Å². The maximum atomic E-state index is 12.9. The number of likely N-dealkylation sites (tertiary alicyclic amines) is 2. The molecular formula is C21H30N2O3. The van der Waals surface area contributed by atoms with Gasteiger partial charge in [0.25, 0.3) is 0 Å². The molecule has 1 aromatic rings. The number of ether oxygens (including phenoxy) is 1. The third kappa shape index (κ3) is 4.64. The number of nitrogens with zero attached hydrogens (tertiary/aromatic N) is 2. The number of carbonyl (C=O) groups excluding carboxylic acids is 2. The fraction of sp³-hybridized carbons (Fsp3) is 0.619. The molecule has 5 nitrogen and oxygen atoms in total. The molecule has 0 radical (unpaired) electrons. The van der Waals surface area contributed by atoms with Crippen LogP contribution in [0.15, 0.2) is 30.3 Å². The second-order valence-electron chi connectivity index (χ2n) is 7.31. The number of amides is 1. The third-order valence-corrected chi connectivity index (χ3v) is 5.53. The van der Waals surface area contributed by atoms with Crippen molar-refractivity contribution >= 4 is 11.9 Å². The molecule has 3 rings (SSSR count). The van der Waals surface area contributed by atoms with E-state index in [1.807, 2.05) is 13.0 Å². The Morgan fingerprint density at radius 3 is 2.65 bits per heavy atom. The Kier molecular flexibility index (Phi) is 6.67. The minimum absolute atomic E-state index is 0.0720. The summed E-state index contributed by atoms with van der Waals surface area (Å²) in [6, 6.07) is 10.5. The predicted octanol–water partition coefficient (Wildman–Crippen LogP) is 2.64. The predicted molar refractivity (Wildman–Crippen MR) is 101 cm³/mol. The summed E-state index contributed by atoms with van der Waals surface area (Å²) in [6.07, 6.45) is 5.91. The lowest BCUT2D eigenvalue weighted by Gasteiger charge is -2.36. The summed E-state index contributed by atoms with van der Waals surface area (Å²) in [4.78, 5) is 29.2. The normalized spacial score (nSPS) is 23.8. The van der Waals surface area contributed by atoms with Crippen LogP contribution in [-0.2, 0) is 20.7 Å². The van der Waals surface area contributed by atoms with Crippen molar-refractivity contribution in [3.05, 3.63) is 35.9 Å². The molecule has 2 saturated heterocycles. The molecule has 0 saturated carbocycles. The summed E-state index contributed by atoms with van der Waals surface area (Å²) in [5.41, 5.74) is 1.32. The minimum Gasteiger partial charge on any atom is -0.464 e. The van der Waals surface area contributed by atoms with Gasteiger partial charge in [0.2, 0.25) is 5.91 Å². The van der Waals surface area contributed by atoms with E-state index in [4.69, 9.17) is 4.74 Å². The van der Waals surface area contributed by atoms with E-state index >= 15 is 0 Å². The highest BCUT2D eigenvalue weighted by Crippen LogP contribution is 2.23. The SMILES string of the molecule is CCOC(=O)[C@H]1CCCCN1C(=O)CN1CCC[C@H]1Cc1ccccc1. The van der Waals surface area contributed by atoms with Crippen LogP contribution < -0.4 is 0 Å². The third-order valence-electron chi connectivity index (χ3n) is 5.53. The van der Waals surface area contributed by atoms with Gasteiger partial charge in [0.15, 0.2) is 0 Å². The largest absolute Gasteiger partial charge is 0.464 e. The number of hydrogen-bond donors (Lipinski definition) is 0. The van der Waals surface area contributed by atoms with Crippen molar-refractivity contribution in [2.75, 3.05) is 26.2 Å². The van der Waals surface area contributed by atoms with E-state index < -0.39 is 6.04 Å². The molecule has 0 spiro atoms. The van der Waals surface area contributed by atoms with Crippen LogP contribution in [0.1, 0.15) is 44.6 Å². The van der Waals surface area contributed by atoms with Gasteiger partial charge in [-0.2, -0.15) is 0 Å². The highest BCUT2D eigenvalue weighted by molar-refractivity contribution is 5.85. The van der Waals surface area contributed by atoms with Gasteiger partial charge in [0, 0.05) is 12.6 Å². The van der Waals surface area contributed by atoms with Crippen LogP contribution >= 0.6 is 0 Å². The van der Waals surface area contributed by atoms with Crippen molar-refractivity contribution in [3.8, 4) is 0 Å². The Morgan fingerprint density at radius 1 is 1.08 bits per heavy atom. The van der Waals surface area contributed by atoms with E-state index in [1.54, 1.807) is 4.90 Å². The van der Waals surface area contributed by atoms with E-state index in [0.29, 0.717) is 25.7 Å². The Balaban J connectivity index is 1.61. The average molecular weight is 358 g/mol. The summed E-state index contributed by atoms with van der Waals surface area (Å²) in [5, 5.41) is 0. The van der Waals surface area contributed by atoms with Gasteiger partial charge in [-0.1, -0.05) is 30.3 Å². The van der Waals surface area contributed by atoms with Gasteiger partial charge in [-0.25, -0.2) is 4.79 Å². The van der Waals surface area contributed by atoms with Crippen molar-refractivity contribution in [1.29, 1.82) is 0 Å². The number of piperidine rings is 1. The standard InChI is InChI=1S/C21H30N2O3/c1-2-26-21(25)19-12-6-7-14-23(19)20(24)16-22-13-8-11-18(22)15-17-9-4-3-5-10-17/h3-5,9-10,18-19H,2,6-8,11-16H2,1H3/t18-,19+/m0/s1. The highest BCUT2D eigenvalue weighted by Gasteiger charge is 2.35. The maximum Gasteiger partial charge on any atom is 0.328 e. The highest BCUT2D eigenvalue weighted by atomic mass is 16.5. The van der Waals surface area contributed by atoms with Crippen molar-refractivity contribution in [3.63, 3.8) is 0 Å². The van der Waals surface area contributed by atoms with Gasteiger partial charge < -0.3 is 9.64 Å². The fourth-order valence-corrected chi connectivity index (χ4v) is 4.20. The first-order valence-electron chi connectivity index (χ1n) is 9.93. The Hall–Kier alpha value is -1.88. The number of esters is 1. The lowest BCUT2D eigenvalue weighted by atomic mass is 10.0. The molecule has 142 valence electrons. The van der Waals surface area contributed by atoms with Crippen molar-refractivity contribution in [2.24, 2.45) is 0 Å². The average Bonchev–Trinajstić information content (AvgIpc) is 3.09. The number of hydrogen-bond acceptors (Lipinski definition) is 4. The van der Waals surface area contributed by atoms with Gasteiger partial charge in [-0.15, -0.1) is 0 Å². The molecule has 0 N–H and O–H groups in total. The van der Waals surface area contributed by atoms with Gasteiger partial charge >= 0.3 is 5.97 Å². The van der Waals surface area contributed by atoms with Crippen LogP contribution in [0.5, 0.6) is 0 Å². The lowest BCUT2D eigenvalue weighted by molar-refractivity contribution is -0.157. The molecule has 2 heterocycles. The summed E-state index contributed by atoms with van der Waals surface area (Å²) in [5.74, 6) is -0.175. The lowest BCUT2D eigenvalue weighted by Crippen LogP contribution is -2.52. The summed E-state index contributed by atoms with van der Waals surface area (Å²) in [7, 11) is 0. The molecule has 2 aliphatic heterocycles. The molecule has 1 amide bonds. The summed E-state index contributed by atoms with van der Waals surface area (Å²) >= 11 is 0. The molecule has 0 aliphatic carbocycles.